The maximum atomic E-state index is 11.4. The SMILES string of the molecule is CCC(=O)C(=N)c1cc(Br)cc(C(=O)OC)c1. The molecule has 0 saturated heterocycles. The number of esters is 1. The summed E-state index contributed by atoms with van der Waals surface area (Å²) in [6.07, 6.45) is 0.263. The van der Waals surface area contributed by atoms with Crippen molar-refractivity contribution in [2.24, 2.45) is 0 Å². The molecular formula is C12H12BrNO3. The summed E-state index contributed by atoms with van der Waals surface area (Å²) < 4.78 is 5.23. The van der Waals surface area contributed by atoms with Gasteiger partial charge in [0, 0.05) is 16.5 Å². The Kier molecular flexibility index (Phi) is 4.57. The van der Waals surface area contributed by atoms with Crippen LogP contribution in [0.1, 0.15) is 29.3 Å². The molecule has 0 aliphatic rings. The van der Waals surface area contributed by atoms with E-state index < -0.39 is 5.97 Å². The van der Waals surface area contributed by atoms with E-state index in [1.54, 1.807) is 19.1 Å². The summed E-state index contributed by atoms with van der Waals surface area (Å²) in [5.74, 6) is -0.761. The third-order valence-electron chi connectivity index (χ3n) is 2.21. The molecule has 17 heavy (non-hydrogen) atoms. The van der Waals surface area contributed by atoms with Gasteiger partial charge in [-0.3, -0.25) is 10.2 Å². The van der Waals surface area contributed by atoms with Crippen LogP contribution in [0.4, 0.5) is 0 Å². The summed E-state index contributed by atoms with van der Waals surface area (Å²) in [5.41, 5.74) is 0.621. The van der Waals surface area contributed by atoms with Crippen LogP contribution in [0, 0.1) is 5.41 Å². The van der Waals surface area contributed by atoms with E-state index in [0.717, 1.165) is 0 Å². The molecule has 4 nitrogen and oxygen atoms in total. The van der Waals surface area contributed by atoms with E-state index in [2.05, 4.69) is 20.7 Å². The zero-order valence-corrected chi connectivity index (χ0v) is 11.1. The fourth-order valence-corrected chi connectivity index (χ4v) is 1.80. The van der Waals surface area contributed by atoms with E-state index in [0.29, 0.717) is 15.6 Å². The Balaban J connectivity index is 3.18. The third kappa shape index (κ3) is 3.23. The largest absolute Gasteiger partial charge is 0.465 e. The number of ketones is 1. The highest BCUT2D eigenvalue weighted by atomic mass is 79.9. The average Bonchev–Trinajstić information content (AvgIpc) is 2.35. The number of nitrogens with one attached hydrogen (secondary N) is 1. The summed E-state index contributed by atoms with van der Waals surface area (Å²) in [6, 6.07) is 4.69. The molecule has 0 aliphatic carbocycles. The topological polar surface area (TPSA) is 67.2 Å². The van der Waals surface area contributed by atoms with Gasteiger partial charge in [-0.15, -0.1) is 0 Å². The van der Waals surface area contributed by atoms with Gasteiger partial charge in [0.25, 0.3) is 0 Å². The zero-order valence-electron chi connectivity index (χ0n) is 9.54. The normalized spacial score (nSPS) is 9.82. The molecule has 1 N–H and O–H groups in total. The van der Waals surface area contributed by atoms with E-state index in [4.69, 9.17) is 5.41 Å². The van der Waals surface area contributed by atoms with Gasteiger partial charge in [-0.1, -0.05) is 22.9 Å². The van der Waals surface area contributed by atoms with Crippen molar-refractivity contribution in [3.05, 3.63) is 33.8 Å². The Morgan fingerprint density at radius 2 is 1.88 bits per heavy atom. The Morgan fingerprint density at radius 3 is 2.41 bits per heavy atom. The minimum Gasteiger partial charge on any atom is -0.465 e. The molecule has 0 heterocycles. The Bertz CT molecular complexity index is 483. The molecule has 0 bridgehead atoms. The van der Waals surface area contributed by atoms with E-state index in [1.807, 2.05) is 0 Å². The van der Waals surface area contributed by atoms with Crippen molar-refractivity contribution in [1.82, 2.24) is 0 Å². The summed E-state index contributed by atoms with van der Waals surface area (Å²) in [5, 5.41) is 7.70. The van der Waals surface area contributed by atoms with Gasteiger partial charge < -0.3 is 4.74 Å². The van der Waals surface area contributed by atoms with Crippen molar-refractivity contribution >= 4 is 33.4 Å². The standard InChI is InChI=1S/C12H12BrNO3/c1-3-10(15)11(14)7-4-8(12(16)17-2)6-9(13)5-7/h4-6,14H,3H2,1-2H3. The van der Waals surface area contributed by atoms with Crippen LogP contribution in [0.5, 0.6) is 0 Å². The molecule has 0 aromatic heterocycles. The maximum Gasteiger partial charge on any atom is 0.337 e. The molecular weight excluding hydrogens is 286 g/mol. The lowest BCUT2D eigenvalue weighted by Gasteiger charge is -2.05. The molecule has 1 rings (SSSR count). The van der Waals surface area contributed by atoms with Crippen LogP contribution in [0.2, 0.25) is 0 Å². The molecule has 0 spiro atoms. The Morgan fingerprint density at radius 1 is 1.29 bits per heavy atom. The first-order valence-corrected chi connectivity index (χ1v) is 5.80. The summed E-state index contributed by atoms with van der Waals surface area (Å²) in [4.78, 5) is 22.8. The van der Waals surface area contributed by atoms with Crippen molar-refractivity contribution in [2.45, 2.75) is 13.3 Å². The molecule has 90 valence electrons. The summed E-state index contributed by atoms with van der Waals surface area (Å²) in [7, 11) is 1.28. The number of hydrogen-bond acceptors (Lipinski definition) is 4. The van der Waals surface area contributed by atoms with Gasteiger partial charge in [-0.2, -0.15) is 0 Å². The lowest BCUT2D eigenvalue weighted by Crippen LogP contribution is -2.14. The second-order valence-electron chi connectivity index (χ2n) is 3.37. The molecule has 0 amide bonds. The van der Waals surface area contributed by atoms with Crippen molar-refractivity contribution in [1.29, 1.82) is 5.41 Å². The zero-order chi connectivity index (χ0) is 13.0. The van der Waals surface area contributed by atoms with E-state index >= 15 is 0 Å². The third-order valence-corrected chi connectivity index (χ3v) is 2.67. The molecule has 0 saturated carbocycles. The number of ether oxygens (including phenoxy) is 1. The quantitative estimate of drug-likeness (QED) is 0.686. The lowest BCUT2D eigenvalue weighted by molar-refractivity contribution is -0.112. The second-order valence-corrected chi connectivity index (χ2v) is 4.29. The van der Waals surface area contributed by atoms with Gasteiger partial charge in [-0.25, -0.2) is 4.79 Å². The average molecular weight is 298 g/mol. The van der Waals surface area contributed by atoms with Gasteiger partial charge in [-0.05, 0) is 18.2 Å². The molecule has 5 heteroatoms. The van der Waals surface area contributed by atoms with Crippen LogP contribution >= 0.6 is 15.9 Å². The van der Waals surface area contributed by atoms with Crippen LogP contribution in [0.15, 0.2) is 22.7 Å². The van der Waals surface area contributed by atoms with Crippen molar-refractivity contribution in [3.63, 3.8) is 0 Å². The van der Waals surface area contributed by atoms with E-state index in [-0.39, 0.29) is 17.9 Å². The number of rotatable bonds is 4. The van der Waals surface area contributed by atoms with Crippen LogP contribution in [-0.4, -0.2) is 24.6 Å². The molecule has 0 fully saturated rings. The first-order chi connectivity index (χ1) is 7.99. The van der Waals surface area contributed by atoms with Gasteiger partial charge in [0.2, 0.25) is 0 Å². The highest BCUT2D eigenvalue weighted by molar-refractivity contribution is 9.10. The molecule has 1 aromatic carbocycles. The smallest absolute Gasteiger partial charge is 0.337 e. The van der Waals surface area contributed by atoms with Crippen LogP contribution in [0.3, 0.4) is 0 Å². The van der Waals surface area contributed by atoms with E-state index in [1.165, 1.54) is 13.2 Å². The molecule has 1 aromatic rings. The van der Waals surface area contributed by atoms with Crippen LogP contribution in [-0.2, 0) is 9.53 Å². The fraction of sp³-hybridized carbons (Fsp3) is 0.250. The van der Waals surface area contributed by atoms with Crippen molar-refractivity contribution in [3.8, 4) is 0 Å². The molecule has 0 aliphatic heterocycles. The Hall–Kier alpha value is -1.49. The first kappa shape index (κ1) is 13.6. The highest BCUT2D eigenvalue weighted by Gasteiger charge is 2.14. The van der Waals surface area contributed by atoms with Crippen LogP contribution in [0.25, 0.3) is 0 Å². The fourth-order valence-electron chi connectivity index (χ4n) is 1.31. The van der Waals surface area contributed by atoms with Crippen molar-refractivity contribution < 1.29 is 14.3 Å². The minimum absolute atomic E-state index is 0.0982. The van der Waals surface area contributed by atoms with Crippen LogP contribution < -0.4 is 0 Å². The molecule has 0 unspecified atom stereocenters. The highest BCUT2D eigenvalue weighted by Crippen LogP contribution is 2.17. The maximum absolute atomic E-state index is 11.4. The van der Waals surface area contributed by atoms with Gasteiger partial charge in [0.15, 0.2) is 5.78 Å². The second kappa shape index (κ2) is 5.72. The number of Topliss-reactive ketones (excluding diaryl/α,β-unsaturated/α-hetero) is 1. The lowest BCUT2D eigenvalue weighted by atomic mass is 10.0. The number of hydrogen-bond donors (Lipinski definition) is 1. The predicted octanol–water partition coefficient (Wildman–Crippen LogP) is 2.58. The number of methoxy groups -OCH3 is 1. The van der Waals surface area contributed by atoms with Gasteiger partial charge in [0.05, 0.1) is 12.7 Å². The minimum atomic E-state index is -0.496. The number of carbonyl (C=O) groups excluding carboxylic acids is 2. The van der Waals surface area contributed by atoms with Crippen molar-refractivity contribution in [2.75, 3.05) is 7.11 Å². The number of carbonyl (C=O) groups is 2. The first-order valence-electron chi connectivity index (χ1n) is 5.00. The monoisotopic (exact) mass is 297 g/mol. The molecule has 0 atom stereocenters. The summed E-state index contributed by atoms with van der Waals surface area (Å²) >= 11 is 3.23. The van der Waals surface area contributed by atoms with Gasteiger partial charge in [0.1, 0.15) is 5.71 Å². The predicted molar refractivity (Wildman–Crippen MR) is 67.6 cm³/mol. The van der Waals surface area contributed by atoms with Gasteiger partial charge >= 0.3 is 5.97 Å². The summed E-state index contributed by atoms with van der Waals surface area (Å²) in [6.45, 7) is 1.69. The Labute approximate surface area is 108 Å². The number of halogens is 1. The van der Waals surface area contributed by atoms with E-state index in [9.17, 15) is 9.59 Å². The molecule has 0 radical (unpaired) electrons. The number of benzene rings is 1.